The Labute approximate surface area is 254 Å². The first-order chi connectivity index (χ1) is 21.2. The van der Waals surface area contributed by atoms with Crippen LogP contribution < -0.4 is 4.90 Å². The number of benzene rings is 2. The number of aliphatic hydroxyl groups excluding tert-OH is 1. The number of hydrogen-bond donors (Lipinski definition) is 3. The molecule has 0 amide bonds. The average Bonchev–Trinajstić information content (AvgIpc) is 3.46. The van der Waals surface area contributed by atoms with Crippen LogP contribution in [0.15, 0.2) is 48.8 Å². The second kappa shape index (κ2) is 12.9. The molecular formula is C33H39F3N4O4. The third-order valence-electron chi connectivity index (χ3n) is 9.53. The maximum Gasteiger partial charge on any atom is 0.190 e. The summed E-state index contributed by atoms with van der Waals surface area (Å²) in [6.07, 6.45) is 6.30. The number of aliphatic hydroxyl groups is 2. The van der Waals surface area contributed by atoms with Gasteiger partial charge in [-0.2, -0.15) is 0 Å². The Kier molecular flexibility index (Phi) is 9.00. The number of carbonyl (C=O) groups is 1. The Morgan fingerprint density at radius 1 is 1.00 bits per heavy atom. The molecule has 3 N–H and O–H groups in total. The minimum Gasteiger partial charge on any atom is -0.389 e. The summed E-state index contributed by atoms with van der Waals surface area (Å²) < 4.78 is 46.1. The fourth-order valence-corrected chi connectivity index (χ4v) is 6.70. The molecule has 0 radical (unpaired) electrons. The highest BCUT2D eigenvalue weighted by Crippen LogP contribution is 2.36. The smallest absolute Gasteiger partial charge is 0.190 e. The predicted molar refractivity (Wildman–Crippen MR) is 161 cm³/mol. The van der Waals surface area contributed by atoms with E-state index in [-0.39, 0.29) is 0 Å². The third kappa shape index (κ3) is 6.51. The van der Waals surface area contributed by atoms with Crippen LogP contribution in [0.4, 0.5) is 18.9 Å². The van der Waals surface area contributed by atoms with Gasteiger partial charge >= 0.3 is 0 Å². The second-order valence-electron chi connectivity index (χ2n) is 12.2. The number of morpholine rings is 1. The molecule has 0 bridgehead atoms. The van der Waals surface area contributed by atoms with Crippen molar-refractivity contribution in [3.05, 3.63) is 77.4 Å². The van der Waals surface area contributed by atoms with Crippen molar-refractivity contribution in [2.24, 2.45) is 0 Å². The zero-order valence-electron chi connectivity index (χ0n) is 24.7. The number of β-amino-alcohol motifs (C(OH)–C–C–N with tert-alkyl or cyclic N) is 1. The van der Waals surface area contributed by atoms with Crippen LogP contribution in [0.1, 0.15) is 47.5 Å². The Morgan fingerprint density at radius 3 is 2.43 bits per heavy atom. The fourth-order valence-electron chi connectivity index (χ4n) is 6.70. The van der Waals surface area contributed by atoms with E-state index in [9.17, 15) is 28.2 Å². The van der Waals surface area contributed by atoms with Gasteiger partial charge in [-0.3, -0.25) is 4.79 Å². The van der Waals surface area contributed by atoms with E-state index in [1.807, 2.05) is 0 Å². The SMILES string of the molecule is O=C(C=CN1CCC(O)(C(O)CN2CCC(c3c[nH]c4ccc(N5CCOCC5)cc34)CC2)CC1)c1cc(F)c(F)cc1F. The number of ether oxygens (including phenoxy) is 1. The highest BCUT2D eigenvalue weighted by molar-refractivity contribution is 6.04. The van der Waals surface area contributed by atoms with E-state index in [0.717, 1.165) is 63.8 Å². The molecule has 2 aromatic carbocycles. The van der Waals surface area contributed by atoms with Gasteiger partial charge in [0.25, 0.3) is 0 Å². The summed E-state index contributed by atoms with van der Waals surface area (Å²) in [7, 11) is 0. The number of rotatable bonds is 8. The van der Waals surface area contributed by atoms with Gasteiger partial charge in [-0.05, 0) is 74.5 Å². The van der Waals surface area contributed by atoms with E-state index < -0.39 is 40.5 Å². The Bertz CT molecular complexity index is 1510. The van der Waals surface area contributed by atoms with Gasteiger partial charge in [0.1, 0.15) is 5.82 Å². The molecule has 11 heteroatoms. The molecule has 3 fully saturated rings. The number of aromatic amines is 1. The quantitative estimate of drug-likeness (QED) is 0.200. The summed E-state index contributed by atoms with van der Waals surface area (Å²) in [5.41, 5.74) is 1.89. The number of nitrogens with zero attached hydrogens (tertiary/aromatic N) is 3. The van der Waals surface area contributed by atoms with E-state index >= 15 is 0 Å². The number of allylic oxidation sites excluding steroid dienone is 1. The number of H-pyrrole nitrogens is 1. The van der Waals surface area contributed by atoms with Gasteiger partial charge in [-0.25, -0.2) is 13.2 Å². The number of ketones is 1. The number of anilines is 1. The van der Waals surface area contributed by atoms with E-state index in [4.69, 9.17) is 4.74 Å². The lowest BCUT2D eigenvalue weighted by Gasteiger charge is -2.43. The van der Waals surface area contributed by atoms with Crippen LogP contribution in [0.25, 0.3) is 10.9 Å². The highest BCUT2D eigenvalue weighted by atomic mass is 19.2. The summed E-state index contributed by atoms with van der Waals surface area (Å²) in [5.74, 6) is -4.14. The summed E-state index contributed by atoms with van der Waals surface area (Å²) in [6.45, 7) is 6.08. The number of carbonyl (C=O) groups excluding carboxylic acids is 1. The fraction of sp³-hybridized carbons (Fsp3) is 0.485. The van der Waals surface area contributed by atoms with Crippen molar-refractivity contribution in [2.45, 2.75) is 43.3 Å². The summed E-state index contributed by atoms with van der Waals surface area (Å²) >= 11 is 0. The van der Waals surface area contributed by atoms with Crippen molar-refractivity contribution in [1.29, 1.82) is 0 Å². The minimum absolute atomic E-state index is 0.295. The van der Waals surface area contributed by atoms with Crippen molar-refractivity contribution in [3.8, 4) is 0 Å². The lowest BCUT2D eigenvalue weighted by atomic mass is 9.84. The largest absolute Gasteiger partial charge is 0.389 e. The molecule has 0 spiro atoms. The van der Waals surface area contributed by atoms with Crippen LogP contribution in [0, 0.1) is 17.5 Å². The summed E-state index contributed by atoms with van der Waals surface area (Å²) in [5, 5.41) is 23.6. The number of hydrogen-bond acceptors (Lipinski definition) is 7. The summed E-state index contributed by atoms with van der Waals surface area (Å²) in [4.78, 5) is 22.1. The van der Waals surface area contributed by atoms with Gasteiger partial charge in [0.05, 0.1) is 30.5 Å². The molecular weight excluding hydrogens is 573 g/mol. The van der Waals surface area contributed by atoms with Crippen molar-refractivity contribution in [1.82, 2.24) is 14.8 Å². The molecule has 6 rings (SSSR count). The molecule has 1 atom stereocenters. The molecule has 3 aliphatic rings. The second-order valence-corrected chi connectivity index (χ2v) is 12.2. The molecule has 8 nitrogen and oxygen atoms in total. The molecule has 0 aliphatic carbocycles. The topological polar surface area (TPSA) is 92.3 Å². The van der Waals surface area contributed by atoms with E-state index in [1.54, 1.807) is 4.90 Å². The first kappa shape index (κ1) is 30.6. The molecule has 3 saturated heterocycles. The zero-order chi connectivity index (χ0) is 30.8. The van der Waals surface area contributed by atoms with Crippen molar-refractivity contribution < 1.29 is 32.9 Å². The van der Waals surface area contributed by atoms with Crippen LogP contribution in [0.3, 0.4) is 0 Å². The van der Waals surface area contributed by atoms with Crippen LogP contribution in [-0.2, 0) is 4.74 Å². The maximum atomic E-state index is 13.9. The van der Waals surface area contributed by atoms with Gasteiger partial charge in [0.2, 0.25) is 0 Å². The van der Waals surface area contributed by atoms with E-state index in [2.05, 4.69) is 39.2 Å². The number of piperidine rings is 2. The van der Waals surface area contributed by atoms with Gasteiger partial charge in [0, 0.05) is 73.9 Å². The van der Waals surface area contributed by atoms with Gasteiger partial charge in [0.15, 0.2) is 17.4 Å². The molecule has 44 heavy (non-hydrogen) atoms. The number of likely N-dealkylation sites (tertiary alicyclic amines) is 2. The van der Waals surface area contributed by atoms with Crippen molar-refractivity contribution in [3.63, 3.8) is 0 Å². The Balaban J connectivity index is 0.995. The summed E-state index contributed by atoms with van der Waals surface area (Å²) in [6, 6.07) is 7.51. The molecule has 3 aromatic rings. The van der Waals surface area contributed by atoms with Gasteiger partial charge in [-0.15, -0.1) is 0 Å². The molecule has 0 saturated carbocycles. The number of aromatic nitrogens is 1. The Hall–Kier alpha value is -3.38. The van der Waals surface area contributed by atoms with Crippen LogP contribution in [0.5, 0.6) is 0 Å². The third-order valence-corrected chi connectivity index (χ3v) is 9.53. The normalized spacial score (nSPS) is 20.9. The van der Waals surface area contributed by atoms with Crippen LogP contribution in [-0.4, -0.2) is 102 Å². The van der Waals surface area contributed by atoms with E-state index in [0.29, 0.717) is 50.5 Å². The van der Waals surface area contributed by atoms with Gasteiger partial charge in [-0.1, -0.05) is 0 Å². The van der Waals surface area contributed by atoms with Gasteiger partial charge < -0.3 is 34.6 Å². The first-order valence-electron chi connectivity index (χ1n) is 15.4. The minimum atomic E-state index is -1.35. The first-order valence-corrected chi connectivity index (χ1v) is 15.4. The molecule has 1 unspecified atom stereocenters. The molecule has 1 aromatic heterocycles. The van der Waals surface area contributed by atoms with Crippen LogP contribution >= 0.6 is 0 Å². The number of halogens is 3. The predicted octanol–water partition coefficient (Wildman–Crippen LogP) is 4.19. The molecule has 236 valence electrons. The number of fused-ring (bicyclic) bond motifs is 1. The van der Waals surface area contributed by atoms with E-state index in [1.165, 1.54) is 22.8 Å². The zero-order valence-corrected chi connectivity index (χ0v) is 24.7. The van der Waals surface area contributed by atoms with Crippen molar-refractivity contribution in [2.75, 3.05) is 63.9 Å². The maximum absolute atomic E-state index is 13.9. The molecule has 4 heterocycles. The lowest BCUT2D eigenvalue weighted by Crippen LogP contribution is -2.54. The average molecular weight is 613 g/mol. The molecule has 3 aliphatic heterocycles. The highest BCUT2D eigenvalue weighted by Gasteiger charge is 2.39. The van der Waals surface area contributed by atoms with Crippen molar-refractivity contribution >= 4 is 22.4 Å². The lowest BCUT2D eigenvalue weighted by molar-refractivity contribution is -0.114. The Morgan fingerprint density at radius 2 is 1.70 bits per heavy atom. The van der Waals surface area contributed by atoms with Crippen LogP contribution in [0.2, 0.25) is 0 Å². The monoisotopic (exact) mass is 612 g/mol. The number of nitrogens with one attached hydrogen (secondary N) is 1. The standard InChI is InChI=1S/C33H39F3N4O4/c34-27-19-29(36)28(35)18-25(27)31(41)5-10-38-11-6-33(43,7-12-38)32(42)21-39-8-3-22(4-9-39)26-20-37-30-2-1-23(17-24(26)30)40-13-15-44-16-14-40/h1-2,5,10,17-20,22,32,37,42-43H,3-4,6-9,11-16,21H2.